The second-order valence-electron chi connectivity index (χ2n) is 7.72. The average molecular weight is 389 g/mol. The van der Waals surface area contributed by atoms with Gasteiger partial charge in [0.1, 0.15) is 0 Å². The van der Waals surface area contributed by atoms with E-state index in [4.69, 9.17) is 23.2 Å². The molecule has 4 nitrogen and oxygen atoms in total. The van der Waals surface area contributed by atoms with E-state index in [0.29, 0.717) is 33.7 Å². The van der Waals surface area contributed by atoms with Crippen molar-refractivity contribution in [3.8, 4) is 0 Å². The van der Waals surface area contributed by atoms with Gasteiger partial charge in [-0.2, -0.15) is 0 Å². The lowest BCUT2D eigenvalue weighted by Gasteiger charge is -2.43. The number of nitro groups is 1. The summed E-state index contributed by atoms with van der Waals surface area (Å²) in [6.45, 7) is 0. The van der Waals surface area contributed by atoms with Crippen molar-refractivity contribution < 1.29 is 4.92 Å². The van der Waals surface area contributed by atoms with E-state index in [9.17, 15) is 10.1 Å². The van der Waals surface area contributed by atoms with Crippen molar-refractivity contribution in [3.63, 3.8) is 0 Å². The maximum atomic E-state index is 11.3. The normalized spacial score (nSPS) is 31.2. The van der Waals surface area contributed by atoms with Gasteiger partial charge in [-0.3, -0.25) is 10.1 Å². The Hall–Kier alpha value is -1.78. The fourth-order valence-electron chi connectivity index (χ4n) is 5.68. The van der Waals surface area contributed by atoms with Gasteiger partial charge < -0.3 is 5.32 Å². The summed E-state index contributed by atoms with van der Waals surface area (Å²) < 4.78 is 0. The van der Waals surface area contributed by atoms with E-state index < -0.39 is 0 Å². The van der Waals surface area contributed by atoms with E-state index in [1.807, 2.05) is 24.3 Å². The molecule has 0 aromatic heterocycles. The Balaban J connectivity index is 1.67. The van der Waals surface area contributed by atoms with E-state index in [0.717, 1.165) is 16.8 Å². The van der Waals surface area contributed by atoms with Crippen LogP contribution in [0.3, 0.4) is 0 Å². The number of benzene rings is 2. The summed E-state index contributed by atoms with van der Waals surface area (Å²) in [6, 6.07) is 10.9. The maximum absolute atomic E-state index is 11.3. The van der Waals surface area contributed by atoms with Gasteiger partial charge in [0, 0.05) is 33.4 Å². The van der Waals surface area contributed by atoms with Gasteiger partial charge >= 0.3 is 0 Å². The number of nitrogens with zero attached hydrogens (tertiary/aromatic N) is 1. The zero-order valence-corrected chi connectivity index (χ0v) is 15.5. The molecule has 0 spiro atoms. The van der Waals surface area contributed by atoms with Gasteiger partial charge in [0.05, 0.1) is 11.0 Å². The number of non-ortho nitro benzene ring substituents is 1. The highest BCUT2D eigenvalue weighted by atomic mass is 35.5. The van der Waals surface area contributed by atoms with Crippen LogP contribution in [0.5, 0.6) is 0 Å². The molecular weight excluding hydrogens is 371 g/mol. The van der Waals surface area contributed by atoms with Crippen molar-refractivity contribution in [1.29, 1.82) is 0 Å². The van der Waals surface area contributed by atoms with Crippen molar-refractivity contribution in [2.45, 2.75) is 31.2 Å². The molecule has 26 heavy (non-hydrogen) atoms. The molecule has 5 rings (SSSR count). The first-order valence-electron chi connectivity index (χ1n) is 9.03. The zero-order valence-electron chi connectivity index (χ0n) is 14.0. The van der Waals surface area contributed by atoms with E-state index >= 15 is 0 Å². The molecule has 2 aromatic carbocycles. The Kier molecular flexibility index (Phi) is 3.70. The first kappa shape index (κ1) is 16.4. The monoisotopic (exact) mass is 388 g/mol. The Morgan fingerprint density at radius 2 is 1.81 bits per heavy atom. The number of hydrogen-bond donors (Lipinski definition) is 1. The second-order valence-corrected chi connectivity index (χ2v) is 8.54. The minimum atomic E-state index is -0.306. The number of nitro benzene ring substituents is 1. The molecule has 6 heteroatoms. The van der Waals surface area contributed by atoms with Crippen LogP contribution in [0.4, 0.5) is 11.4 Å². The van der Waals surface area contributed by atoms with Gasteiger partial charge in [-0.15, -0.1) is 0 Å². The highest BCUT2D eigenvalue weighted by Crippen LogP contribution is 2.64. The van der Waals surface area contributed by atoms with Crippen molar-refractivity contribution in [1.82, 2.24) is 0 Å². The molecular formula is C20H18Cl2N2O2. The Morgan fingerprint density at radius 3 is 2.54 bits per heavy atom. The van der Waals surface area contributed by atoms with Crippen LogP contribution in [0.15, 0.2) is 36.4 Å². The van der Waals surface area contributed by atoms with Crippen LogP contribution in [0.1, 0.15) is 42.3 Å². The summed E-state index contributed by atoms with van der Waals surface area (Å²) in [7, 11) is 0. The van der Waals surface area contributed by atoms with Crippen LogP contribution in [0, 0.1) is 27.9 Å². The van der Waals surface area contributed by atoms with Crippen LogP contribution < -0.4 is 5.32 Å². The summed E-state index contributed by atoms with van der Waals surface area (Å²) in [6.07, 6.45) is 3.62. The van der Waals surface area contributed by atoms with Gasteiger partial charge in [-0.05, 0) is 66.7 Å². The number of hydrogen-bond acceptors (Lipinski definition) is 3. The first-order valence-corrected chi connectivity index (χ1v) is 9.79. The molecule has 1 heterocycles. The zero-order chi connectivity index (χ0) is 18.0. The minimum Gasteiger partial charge on any atom is -0.378 e. The number of fused-ring (bicyclic) bond motifs is 7. The molecule has 0 saturated heterocycles. The van der Waals surface area contributed by atoms with Gasteiger partial charge in [0.25, 0.3) is 5.69 Å². The second kappa shape index (κ2) is 5.86. The van der Waals surface area contributed by atoms with E-state index in [1.165, 1.54) is 19.3 Å². The third-order valence-electron chi connectivity index (χ3n) is 6.59. The van der Waals surface area contributed by atoms with Gasteiger partial charge in [0.2, 0.25) is 0 Å². The summed E-state index contributed by atoms with van der Waals surface area (Å²) in [4.78, 5) is 11.0. The minimum absolute atomic E-state index is 0.0467. The molecule has 134 valence electrons. The molecule has 2 aromatic rings. The number of nitrogens with one attached hydrogen (secondary N) is 1. The topological polar surface area (TPSA) is 55.2 Å². The third-order valence-corrected chi connectivity index (χ3v) is 7.25. The summed E-state index contributed by atoms with van der Waals surface area (Å²) in [5.74, 6) is 1.92. The molecule has 2 saturated carbocycles. The van der Waals surface area contributed by atoms with Crippen LogP contribution in [-0.4, -0.2) is 4.92 Å². The van der Waals surface area contributed by atoms with Crippen molar-refractivity contribution in [3.05, 3.63) is 67.7 Å². The van der Waals surface area contributed by atoms with Gasteiger partial charge in [-0.1, -0.05) is 29.3 Å². The lowest BCUT2D eigenvalue weighted by molar-refractivity contribution is -0.384. The quantitative estimate of drug-likeness (QED) is 0.492. The van der Waals surface area contributed by atoms with Crippen molar-refractivity contribution in [2.75, 3.05) is 5.32 Å². The summed E-state index contributed by atoms with van der Waals surface area (Å²) >= 11 is 13.1. The van der Waals surface area contributed by atoms with Crippen LogP contribution >= 0.6 is 23.2 Å². The smallest absolute Gasteiger partial charge is 0.269 e. The molecule has 5 atom stereocenters. The molecule has 2 aliphatic carbocycles. The SMILES string of the molecule is O=[N+]([O-])c1ccc2c(c1)[C@@H]1[C@H]3CC[C@@H](C3)[C@@H]1[C@H](c1c(Cl)cccc1Cl)N2. The van der Waals surface area contributed by atoms with E-state index in [1.54, 1.807) is 12.1 Å². The van der Waals surface area contributed by atoms with Crippen molar-refractivity contribution >= 4 is 34.6 Å². The third kappa shape index (κ3) is 2.28. The standard InChI is InChI=1S/C20H18Cl2N2O2/c21-14-2-1-3-15(22)19(14)20-18-11-5-4-10(8-11)17(18)13-9-12(24(25)26)6-7-16(13)23-20/h1-3,6-7,9-11,17-18,20,23H,4-5,8H2/t10-,11-,17-,18-,20+/m0/s1. The summed E-state index contributed by atoms with van der Waals surface area (Å²) in [5, 5.41) is 16.3. The van der Waals surface area contributed by atoms with Gasteiger partial charge in [-0.25, -0.2) is 0 Å². The molecule has 1 N–H and O–H groups in total. The molecule has 3 aliphatic rings. The summed E-state index contributed by atoms with van der Waals surface area (Å²) in [5.41, 5.74) is 3.20. The highest BCUT2D eigenvalue weighted by molar-refractivity contribution is 6.36. The van der Waals surface area contributed by atoms with Crippen LogP contribution in [0.25, 0.3) is 0 Å². The number of rotatable bonds is 2. The fourth-order valence-corrected chi connectivity index (χ4v) is 6.32. The Morgan fingerprint density at radius 1 is 1.08 bits per heavy atom. The molecule has 1 aliphatic heterocycles. The van der Waals surface area contributed by atoms with Crippen molar-refractivity contribution in [2.24, 2.45) is 17.8 Å². The molecule has 2 fully saturated rings. The Bertz CT molecular complexity index is 896. The molecule has 2 bridgehead atoms. The lowest BCUT2D eigenvalue weighted by Crippen LogP contribution is -2.35. The molecule has 0 unspecified atom stereocenters. The largest absolute Gasteiger partial charge is 0.378 e. The number of anilines is 1. The highest BCUT2D eigenvalue weighted by Gasteiger charge is 2.54. The average Bonchev–Trinajstić information content (AvgIpc) is 3.23. The lowest BCUT2D eigenvalue weighted by atomic mass is 9.68. The molecule has 0 radical (unpaired) electrons. The molecule has 0 amide bonds. The van der Waals surface area contributed by atoms with Crippen LogP contribution in [0.2, 0.25) is 10.0 Å². The predicted molar refractivity (Wildman–Crippen MR) is 103 cm³/mol. The first-order chi connectivity index (χ1) is 12.5. The van der Waals surface area contributed by atoms with Gasteiger partial charge in [0.15, 0.2) is 0 Å². The predicted octanol–water partition coefficient (Wildman–Crippen LogP) is 6.20. The van der Waals surface area contributed by atoms with E-state index in [-0.39, 0.29) is 16.7 Å². The number of halogens is 2. The van der Waals surface area contributed by atoms with Crippen LogP contribution in [-0.2, 0) is 0 Å². The van der Waals surface area contributed by atoms with E-state index in [2.05, 4.69) is 5.32 Å². The maximum Gasteiger partial charge on any atom is 0.269 e. The Labute approximate surface area is 161 Å². The fraction of sp³-hybridized carbons (Fsp3) is 0.400.